The van der Waals surface area contributed by atoms with Gasteiger partial charge in [-0.1, -0.05) is 0 Å². The zero-order chi connectivity index (χ0) is 12.5. The minimum absolute atomic E-state index is 0.328. The van der Waals surface area contributed by atoms with Gasteiger partial charge < -0.3 is 25.2 Å². The second-order valence-electron chi connectivity index (χ2n) is 3.50. The third-order valence-corrected chi connectivity index (χ3v) is 4.67. The van der Waals surface area contributed by atoms with Gasteiger partial charge in [-0.2, -0.15) is 0 Å². The summed E-state index contributed by atoms with van der Waals surface area (Å²) in [4.78, 5) is 0. The third kappa shape index (κ3) is 3.29. The first-order chi connectivity index (χ1) is 7.26. The topological polar surface area (TPSA) is 124 Å². The SMILES string of the molecule is CS(=O)(=O)S[C@@H]1O[C@H](CO)[C@H](O)[C@H](O)[C@H]1O. The normalized spacial score (nSPS) is 40.9. The van der Waals surface area contributed by atoms with E-state index < -0.39 is 45.3 Å². The molecule has 0 bridgehead atoms. The molecule has 9 heteroatoms. The van der Waals surface area contributed by atoms with Crippen molar-refractivity contribution in [2.75, 3.05) is 12.9 Å². The van der Waals surface area contributed by atoms with Crippen molar-refractivity contribution >= 4 is 19.7 Å². The first kappa shape index (κ1) is 14.2. The maximum atomic E-state index is 11.0. The predicted molar refractivity (Wildman–Crippen MR) is 56.2 cm³/mol. The molecule has 4 N–H and O–H groups in total. The molecule has 1 heterocycles. The summed E-state index contributed by atoms with van der Waals surface area (Å²) in [6.45, 7) is -0.578. The van der Waals surface area contributed by atoms with Crippen molar-refractivity contribution in [2.45, 2.75) is 29.9 Å². The molecule has 0 radical (unpaired) electrons. The summed E-state index contributed by atoms with van der Waals surface area (Å²) in [6.07, 6.45) is -4.71. The summed E-state index contributed by atoms with van der Waals surface area (Å²) in [7, 11) is -3.14. The van der Waals surface area contributed by atoms with Crippen molar-refractivity contribution in [2.24, 2.45) is 0 Å². The summed E-state index contributed by atoms with van der Waals surface area (Å²) >= 11 is 0. The van der Waals surface area contributed by atoms with Crippen LogP contribution in [-0.4, -0.2) is 71.6 Å². The van der Waals surface area contributed by atoms with Gasteiger partial charge in [0.05, 0.1) is 6.61 Å². The smallest absolute Gasteiger partial charge is 0.201 e. The van der Waals surface area contributed by atoms with Gasteiger partial charge in [-0.15, -0.1) is 0 Å². The van der Waals surface area contributed by atoms with E-state index in [-0.39, 0.29) is 0 Å². The number of aliphatic hydroxyl groups excluding tert-OH is 4. The highest BCUT2D eigenvalue weighted by molar-refractivity contribution is 8.72. The first-order valence-electron chi connectivity index (χ1n) is 4.45. The van der Waals surface area contributed by atoms with Crippen molar-refractivity contribution < 1.29 is 33.6 Å². The highest BCUT2D eigenvalue weighted by Crippen LogP contribution is 2.30. The van der Waals surface area contributed by atoms with Crippen molar-refractivity contribution in [3.8, 4) is 0 Å². The Kier molecular flexibility index (Phi) is 4.57. The van der Waals surface area contributed by atoms with E-state index in [1.54, 1.807) is 0 Å². The lowest BCUT2D eigenvalue weighted by Gasteiger charge is -2.39. The van der Waals surface area contributed by atoms with Gasteiger partial charge in [0, 0.05) is 17.0 Å². The third-order valence-electron chi connectivity index (χ3n) is 2.12. The summed E-state index contributed by atoms with van der Waals surface area (Å²) in [5, 5.41) is 37.1. The average Bonchev–Trinajstić information content (AvgIpc) is 2.17. The molecule has 0 amide bonds. The van der Waals surface area contributed by atoms with Gasteiger partial charge in [0.1, 0.15) is 29.9 Å². The van der Waals surface area contributed by atoms with E-state index in [1.807, 2.05) is 0 Å². The number of rotatable bonds is 3. The largest absolute Gasteiger partial charge is 0.394 e. The lowest BCUT2D eigenvalue weighted by atomic mass is 10.0. The van der Waals surface area contributed by atoms with Crippen molar-refractivity contribution in [1.29, 1.82) is 0 Å². The van der Waals surface area contributed by atoms with Gasteiger partial charge in [0.2, 0.25) is 8.87 Å². The number of ether oxygens (including phenoxy) is 1. The Labute approximate surface area is 96.4 Å². The van der Waals surface area contributed by atoms with Crippen LogP contribution in [0.2, 0.25) is 0 Å². The Morgan fingerprint density at radius 2 is 1.75 bits per heavy atom. The number of hydrogen-bond donors (Lipinski definition) is 4. The van der Waals surface area contributed by atoms with Crippen molar-refractivity contribution in [1.82, 2.24) is 0 Å². The lowest BCUT2D eigenvalue weighted by molar-refractivity contribution is -0.205. The Morgan fingerprint density at radius 3 is 2.19 bits per heavy atom. The van der Waals surface area contributed by atoms with E-state index in [0.29, 0.717) is 10.8 Å². The molecule has 7 nitrogen and oxygen atoms in total. The van der Waals surface area contributed by atoms with E-state index >= 15 is 0 Å². The summed E-state index contributed by atoms with van der Waals surface area (Å²) in [6, 6.07) is 0. The van der Waals surface area contributed by atoms with Gasteiger partial charge in [0.25, 0.3) is 0 Å². The standard InChI is InChI=1S/C7H14O7S2/c1-16(12,13)15-7-6(11)5(10)4(9)3(2-8)14-7/h3-11H,2H2,1H3/t3-,4+,5+,6-,7+/m1/s1. The van der Waals surface area contributed by atoms with Crippen molar-refractivity contribution in [3.05, 3.63) is 0 Å². The van der Waals surface area contributed by atoms with Crippen LogP contribution in [0, 0.1) is 0 Å². The van der Waals surface area contributed by atoms with Crippen molar-refractivity contribution in [3.63, 3.8) is 0 Å². The van der Waals surface area contributed by atoms with E-state index in [2.05, 4.69) is 0 Å². The predicted octanol–water partition coefficient (Wildman–Crippen LogP) is -2.52. The lowest BCUT2D eigenvalue weighted by Crippen LogP contribution is -2.57. The van der Waals surface area contributed by atoms with Crippen LogP contribution in [-0.2, 0) is 13.6 Å². The van der Waals surface area contributed by atoms with Crippen LogP contribution in [0.1, 0.15) is 0 Å². The second-order valence-corrected chi connectivity index (χ2v) is 7.96. The first-order valence-corrected chi connectivity index (χ1v) is 7.74. The molecule has 1 aliphatic rings. The molecular formula is C7H14O7S2. The van der Waals surface area contributed by atoms with Crippen LogP contribution in [0.15, 0.2) is 0 Å². The van der Waals surface area contributed by atoms with E-state index in [1.165, 1.54) is 0 Å². The maximum Gasteiger partial charge on any atom is 0.201 e. The van der Waals surface area contributed by atoms with Crippen LogP contribution in [0.3, 0.4) is 0 Å². The minimum Gasteiger partial charge on any atom is -0.394 e. The second kappa shape index (κ2) is 5.17. The zero-order valence-electron chi connectivity index (χ0n) is 8.42. The van der Waals surface area contributed by atoms with Gasteiger partial charge in [-0.3, -0.25) is 0 Å². The molecule has 1 saturated heterocycles. The molecule has 16 heavy (non-hydrogen) atoms. The summed E-state index contributed by atoms with van der Waals surface area (Å²) in [5.74, 6) is 0. The average molecular weight is 274 g/mol. The molecule has 0 spiro atoms. The van der Waals surface area contributed by atoms with E-state index in [0.717, 1.165) is 6.26 Å². The molecule has 0 aliphatic carbocycles. The fraction of sp³-hybridized carbons (Fsp3) is 1.00. The van der Waals surface area contributed by atoms with Gasteiger partial charge in [-0.25, -0.2) is 8.42 Å². The molecule has 0 saturated carbocycles. The molecule has 1 fully saturated rings. The minimum atomic E-state index is -3.47. The highest BCUT2D eigenvalue weighted by Gasteiger charge is 2.44. The quantitative estimate of drug-likeness (QED) is 0.416. The van der Waals surface area contributed by atoms with Crippen LogP contribution >= 0.6 is 10.8 Å². The molecule has 0 aromatic carbocycles. The Balaban J connectivity index is 2.79. The summed E-state index contributed by atoms with van der Waals surface area (Å²) < 4.78 is 27.0. The fourth-order valence-corrected chi connectivity index (χ4v) is 3.64. The Bertz CT molecular complexity index is 328. The van der Waals surface area contributed by atoms with Gasteiger partial charge in [-0.05, 0) is 0 Å². The molecule has 1 aliphatic heterocycles. The van der Waals surface area contributed by atoms with Crippen LogP contribution in [0.25, 0.3) is 0 Å². The molecule has 0 aromatic heterocycles. The van der Waals surface area contributed by atoms with Gasteiger partial charge in [0.15, 0.2) is 0 Å². The van der Waals surface area contributed by atoms with Crippen LogP contribution in [0.4, 0.5) is 0 Å². The molecule has 0 aromatic rings. The summed E-state index contributed by atoms with van der Waals surface area (Å²) in [5.41, 5.74) is -1.23. The number of hydrogen-bond acceptors (Lipinski definition) is 8. The maximum absolute atomic E-state index is 11.0. The molecular weight excluding hydrogens is 260 g/mol. The highest BCUT2D eigenvalue weighted by atomic mass is 33.1. The van der Waals surface area contributed by atoms with Crippen LogP contribution < -0.4 is 0 Å². The van der Waals surface area contributed by atoms with E-state index in [9.17, 15) is 23.7 Å². The zero-order valence-corrected chi connectivity index (χ0v) is 10.1. The van der Waals surface area contributed by atoms with Crippen LogP contribution in [0.5, 0.6) is 0 Å². The molecule has 0 unspecified atom stereocenters. The molecule has 96 valence electrons. The fourth-order valence-electron chi connectivity index (χ4n) is 1.32. The molecule has 5 atom stereocenters. The monoisotopic (exact) mass is 274 g/mol. The molecule has 1 rings (SSSR count). The number of aliphatic hydroxyl groups is 4. The van der Waals surface area contributed by atoms with Gasteiger partial charge >= 0.3 is 0 Å². The Morgan fingerprint density at radius 1 is 1.19 bits per heavy atom. The Hall–Kier alpha value is 0.1000. The van der Waals surface area contributed by atoms with E-state index in [4.69, 9.17) is 9.84 Å².